The third-order valence-corrected chi connectivity index (χ3v) is 3.73. The number of aromatic nitrogens is 2. The van der Waals surface area contributed by atoms with E-state index in [1.54, 1.807) is 29.9 Å². The largest absolute Gasteiger partial charge is 0.497 e. The summed E-state index contributed by atoms with van der Waals surface area (Å²) >= 11 is 11.4. The summed E-state index contributed by atoms with van der Waals surface area (Å²) in [6, 6.07) is 12.9. The van der Waals surface area contributed by atoms with Crippen LogP contribution in [0.3, 0.4) is 0 Å². The number of imidazole rings is 1. The van der Waals surface area contributed by atoms with Crippen LogP contribution >= 0.6 is 23.8 Å². The van der Waals surface area contributed by atoms with E-state index in [1.807, 2.05) is 18.2 Å². The molecule has 0 saturated carbocycles. The Morgan fingerprint density at radius 1 is 1.29 bits per heavy atom. The van der Waals surface area contributed by atoms with E-state index in [-0.39, 0.29) is 0 Å². The van der Waals surface area contributed by atoms with Crippen LogP contribution in [0.1, 0.15) is 5.56 Å². The van der Waals surface area contributed by atoms with Gasteiger partial charge in [0.2, 0.25) is 0 Å². The Bertz CT molecular complexity index is 936. The van der Waals surface area contributed by atoms with Crippen LogP contribution in [-0.4, -0.2) is 16.7 Å². The lowest BCUT2D eigenvalue weighted by atomic mass is 10.2. The maximum absolute atomic E-state index is 9.28. The van der Waals surface area contributed by atoms with Crippen LogP contribution in [0.25, 0.3) is 16.7 Å². The lowest BCUT2D eigenvalue weighted by molar-refractivity contribution is 0.415. The summed E-state index contributed by atoms with van der Waals surface area (Å²) in [5, 5.41) is 9.83. The van der Waals surface area contributed by atoms with Crippen LogP contribution in [0.15, 0.2) is 36.4 Å². The number of H-pyrrole nitrogens is 1. The molecule has 3 aromatic rings. The Kier molecular flexibility index (Phi) is 3.42. The molecule has 6 heteroatoms. The second-order valence-electron chi connectivity index (χ2n) is 4.42. The molecule has 1 heterocycles. The van der Waals surface area contributed by atoms with Crippen LogP contribution in [-0.2, 0) is 0 Å². The van der Waals surface area contributed by atoms with E-state index < -0.39 is 0 Å². The van der Waals surface area contributed by atoms with Crippen molar-refractivity contribution in [2.45, 2.75) is 0 Å². The van der Waals surface area contributed by atoms with E-state index in [2.05, 4.69) is 11.1 Å². The predicted molar refractivity (Wildman–Crippen MR) is 84.7 cm³/mol. The zero-order chi connectivity index (χ0) is 15.0. The maximum atomic E-state index is 9.28. The molecule has 0 amide bonds. The monoisotopic (exact) mass is 315 g/mol. The van der Waals surface area contributed by atoms with Crippen molar-refractivity contribution in [1.29, 1.82) is 5.26 Å². The van der Waals surface area contributed by atoms with Crippen molar-refractivity contribution in [1.82, 2.24) is 9.55 Å². The van der Waals surface area contributed by atoms with E-state index in [9.17, 15) is 5.26 Å². The number of hydrogen-bond donors (Lipinski definition) is 1. The highest BCUT2D eigenvalue weighted by Crippen LogP contribution is 2.27. The van der Waals surface area contributed by atoms with Gasteiger partial charge in [0.15, 0.2) is 4.77 Å². The summed E-state index contributed by atoms with van der Waals surface area (Å²) < 4.78 is 7.50. The average Bonchev–Trinajstić information content (AvgIpc) is 2.81. The number of ether oxygens (including phenoxy) is 1. The van der Waals surface area contributed by atoms with Gasteiger partial charge in [0.1, 0.15) is 11.8 Å². The van der Waals surface area contributed by atoms with Crippen molar-refractivity contribution in [2.24, 2.45) is 0 Å². The van der Waals surface area contributed by atoms with Gasteiger partial charge in [-0.3, -0.25) is 4.57 Å². The first-order chi connectivity index (χ1) is 10.1. The Balaban J connectivity index is 2.36. The number of methoxy groups -OCH3 is 1. The minimum absolute atomic E-state index is 0.497. The first-order valence-electron chi connectivity index (χ1n) is 6.13. The first-order valence-corrected chi connectivity index (χ1v) is 6.91. The van der Waals surface area contributed by atoms with Gasteiger partial charge in [-0.2, -0.15) is 5.26 Å². The fourth-order valence-electron chi connectivity index (χ4n) is 2.24. The summed E-state index contributed by atoms with van der Waals surface area (Å²) in [7, 11) is 1.61. The van der Waals surface area contributed by atoms with Crippen LogP contribution in [0, 0.1) is 16.1 Å². The van der Waals surface area contributed by atoms with E-state index in [4.69, 9.17) is 28.6 Å². The minimum atomic E-state index is 0.497. The first kappa shape index (κ1) is 13.7. The minimum Gasteiger partial charge on any atom is -0.497 e. The average molecular weight is 316 g/mol. The van der Waals surface area contributed by atoms with Crippen LogP contribution < -0.4 is 4.74 Å². The number of nitrogens with one attached hydrogen (secondary N) is 1. The van der Waals surface area contributed by atoms with Gasteiger partial charge in [-0.25, -0.2) is 0 Å². The van der Waals surface area contributed by atoms with E-state index in [0.717, 1.165) is 16.8 Å². The predicted octanol–water partition coefficient (Wildman–Crippen LogP) is 4.22. The van der Waals surface area contributed by atoms with Crippen molar-refractivity contribution >= 4 is 34.9 Å². The number of nitriles is 1. The molecular formula is C15H10ClN3OS. The standard InChI is InChI=1S/C15H10ClN3OS/c1-20-11-4-5-13-12(7-11)18-15(21)19(13)14-6-10(16)3-2-9(14)8-17/h2-7H,1H3,(H,18,21). The second kappa shape index (κ2) is 5.24. The summed E-state index contributed by atoms with van der Waals surface area (Å²) in [6.07, 6.45) is 0. The Labute approximate surface area is 131 Å². The molecule has 0 unspecified atom stereocenters. The van der Waals surface area contributed by atoms with E-state index >= 15 is 0 Å². The lowest BCUT2D eigenvalue weighted by Gasteiger charge is -2.08. The number of aromatic amines is 1. The number of rotatable bonds is 2. The van der Waals surface area contributed by atoms with Crippen LogP contribution in [0.4, 0.5) is 0 Å². The molecule has 0 bridgehead atoms. The Hall–Kier alpha value is -2.29. The molecule has 1 aromatic heterocycles. The number of hydrogen-bond acceptors (Lipinski definition) is 3. The molecule has 0 aliphatic heterocycles. The molecule has 0 fully saturated rings. The van der Waals surface area contributed by atoms with Crippen molar-refractivity contribution in [3.05, 3.63) is 51.8 Å². The molecule has 0 atom stereocenters. The van der Waals surface area contributed by atoms with Gasteiger partial charge >= 0.3 is 0 Å². The summed E-state index contributed by atoms with van der Waals surface area (Å²) in [6.45, 7) is 0. The molecule has 0 aliphatic rings. The fourth-order valence-corrected chi connectivity index (χ4v) is 2.71. The molecule has 2 aromatic carbocycles. The molecular weight excluding hydrogens is 306 g/mol. The highest BCUT2D eigenvalue weighted by Gasteiger charge is 2.11. The third kappa shape index (κ3) is 2.29. The maximum Gasteiger partial charge on any atom is 0.182 e. The molecule has 0 spiro atoms. The highest BCUT2D eigenvalue weighted by atomic mass is 35.5. The Morgan fingerprint density at radius 3 is 2.81 bits per heavy atom. The lowest BCUT2D eigenvalue weighted by Crippen LogP contribution is -1.97. The van der Waals surface area contributed by atoms with Crippen molar-refractivity contribution in [3.63, 3.8) is 0 Å². The summed E-state index contributed by atoms with van der Waals surface area (Å²) in [5.74, 6) is 0.734. The van der Waals surface area contributed by atoms with Gasteiger partial charge in [-0.1, -0.05) is 11.6 Å². The SMILES string of the molecule is COc1ccc2c(c1)[nH]c(=S)n2-c1cc(Cl)ccc1C#N. The van der Waals surface area contributed by atoms with Crippen molar-refractivity contribution in [3.8, 4) is 17.5 Å². The van der Waals surface area contributed by atoms with Gasteiger partial charge in [-0.15, -0.1) is 0 Å². The van der Waals surface area contributed by atoms with Gasteiger partial charge < -0.3 is 9.72 Å². The van der Waals surface area contributed by atoms with Crippen molar-refractivity contribution < 1.29 is 4.74 Å². The summed E-state index contributed by atoms with van der Waals surface area (Å²) in [4.78, 5) is 3.12. The van der Waals surface area contributed by atoms with Crippen LogP contribution in [0.5, 0.6) is 5.75 Å². The number of halogens is 1. The molecule has 0 aliphatic carbocycles. The molecule has 21 heavy (non-hydrogen) atoms. The summed E-state index contributed by atoms with van der Waals surface area (Å²) in [5.41, 5.74) is 2.86. The Morgan fingerprint density at radius 2 is 2.10 bits per heavy atom. The van der Waals surface area contributed by atoms with Gasteiger partial charge in [0, 0.05) is 11.1 Å². The van der Waals surface area contributed by atoms with Gasteiger partial charge in [0.25, 0.3) is 0 Å². The van der Waals surface area contributed by atoms with Crippen LogP contribution in [0.2, 0.25) is 5.02 Å². The topological polar surface area (TPSA) is 53.7 Å². The van der Waals surface area contributed by atoms with Gasteiger partial charge in [0.05, 0.1) is 29.4 Å². The smallest absolute Gasteiger partial charge is 0.182 e. The van der Waals surface area contributed by atoms with Gasteiger partial charge in [-0.05, 0) is 42.5 Å². The number of benzene rings is 2. The fraction of sp³-hybridized carbons (Fsp3) is 0.0667. The third-order valence-electron chi connectivity index (χ3n) is 3.21. The van der Waals surface area contributed by atoms with E-state index in [1.165, 1.54) is 0 Å². The molecule has 1 N–H and O–H groups in total. The quantitative estimate of drug-likeness (QED) is 0.720. The molecule has 0 saturated heterocycles. The van der Waals surface area contributed by atoms with Crippen molar-refractivity contribution in [2.75, 3.05) is 7.11 Å². The highest BCUT2D eigenvalue weighted by molar-refractivity contribution is 7.71. The molecule has 104 valence electrons. The number of fused-ring (bicyclic) bond motifs is 1. The second-order valence-corrected chi connectivity index (χ2v) is 5.25. The van der Waals surface area contributed by atoms with E-state index in [0.29, 0.717) is 21.0 Å². The molecule has 3 rings (SSSR count). The molecule has 0 radical (unpaired) electrons. The normalized spacial score (nSPS) is 10.5. The zero-order valence-electron chi connectivity index (χ0n) is 11.1. The molecule has 4 nitrogen and oxygen atoms in total. The zero-order valence-corrected chi connectivity index (χ0v) is 12.6. The number of nitrogens with zero attached hydrogens (tertiary/aromatic N) is 2.